The van der Waals surface area contributed by atoms with Gasteiger partial charge in [0.1, 0.15) is 12.1 Å². The first kappa shape index (κ1) is 19.2. The van der Waals surface area contributed by atoms with E-state index in [1.54, 1.807) is 24.3 Å². The predicted molar refractivity (Wildman–Crippen MR) is 96.1 cm³/mol. The van der Waals surface area contributed by atoms with Gasteiger partial charge in [0, 0.05) is 11.6 Å². The highest BCUT2D eigenvalue weighted by Crippen LogP contribution is 2.32. The lowest BCUT2D eigenvalue weighted by Crippen LogP contribution is -2.45. The summed E-state index contributed by atoms with van der Waals surface area (Å²) in [6.07, 6.45) is 1.22. The van der Waals surface area contributed by atoms with Crippen molar-refractivity contribution in [3.63, 3.8) is 0 Å². The van der Waals surface area contributed by atoms with Crippen LogP contribution in [0.2, 0.25) is 5.02 Å². The van der Waals surface area contributed by atoms with Crippen LogP contribution < -0.4 is 10.6 Å². The molecule has 0 saturated carbocycles. The molecule has 0 radical (unpaired) electrons. The van der Waals surface area contributed by atoms with Crippen LogP contribution in [0, 0.1) is 5.92 Å². The molecule has 1 heterocycles. The van der Waals surface area contributed by atoms with Crippen LogP contribution in [-0.4, -0.2) is 35.8 Å². The van der Waals surface area contributed by atoms with Gasteiger partial charge in [0.15, 0.2) is 0 Å². The highest BCUT2D eigenvalue weighted by atomic mass is 35.5. The number of rotatable bonds is 7. The Morgan fingerprint density at radius 3 is 2.48 bits per heavy atom. The van der Waals surface area contributed by atoms with Gasteiger partial charge in [0.25, 0.3) is 5.91 Å². The number of amides is 4. The summed E-state index contributed by atoms with van der Waals surface area (Å²) < 4.78 is 0. The van der Waals surface area contributed by atoms with Crippen molar-refractivity contribution in [2.45, 2.75) is 39.2 Å². The first-order chi connectivity index (χ1) is 11.8. The first-order valence-corrected chi connectivity index (χ1v) is 8.84. The summed E-state index contributed by atoms with van der Waals surface area (Å²) in [6, 6.07) is 6.23. The molecule has 136 valence electrons. The lowest BCUT2D eigenvalue weighted by molar-refractivity contribution is -0.135. The first-order valence-electron chi connectivity index (χ1n) is 8.47. The van der Waals surface area contributed by atoms with Gasteiger partial charge in [0.2, 0.25) is 5.91 Å². The largest absolute Gasteiger partial charge is 0.355 e. The van der Waals surface area contributed by atoms with Gasteiger partial charge in [-0.1, -0.05) is 44.5 Å². The minimum absolute atomic E-state index is 0.280. The Balaban J connectivity index is 2.12. The molecule has 0 aliphatic carbocycles. The van der Waals surface area contributed by atoms with Gasteiger partial charge in [-0.25, -0.2) is 4.79 Å². The molecule has 1 aromatic carbocycles. The minimum Gasteiger partial charge on any atom is -0.355 e. The summed E-state index contributed by atoms with van der Waals surface area (Å²) in [5, 5.41) is 6.04. The molecule has 1 saturated heterocycles. The Hall–Kier alpha value is -2.08. The third kappa shape index (κ3) is 4.12. The average Bonchev–Trinajstić information content (AvgIpc) is 2.80. The second-order valence-electron chi connectivity index (χ2n) is 6.62. The molecule has 7 heteroatoms. The number of urea groups is 1. The highest BCUT2D eigenvalue weighted by Gasteiger charge is 2.51. The SMILES string of the molecule is CC[C@]1(c2ccc(Cl)cc2)NC(=O)N(CC(=O)NCCC(C)C)C1=O. The van der Waals surface area contributed by atoms with Gasteiger partial charge < -0.3 is 10.6 Å². The molecule has 0 aromatic heterocycles. The minimum atomic E-state index is -1.15. The topological polar surface area (TPSA) is 78.5 Å². The number of hydrogen-bond donors (Lipinski definition) is 2. The van der Waals surface area contributed by atoms with E-state index in [0.717, 1.165) is 11.3 Å². The van der Waals surface area contributed by atoms with Crippen molar-refractivity contribution in [1.82, 2.24) is 15.5 Å². The number of benzene rings is 1. The van der Waals surface area contributed by atoms with Crippen molar-refractivity contribution < 1.29 is 14.4 Å². The molecule has 0 unspecified atom stereocenters. The molecule has 4 amide bonds. The van der Waals surface area contributed by atoms with Crippen LogP contribution in [-0.2, 0) is 15.1 Å². The summed E-state index contributed by atoms with van der Waals surface area (Å²) in [7, 11) is 0. The Bertz CT molecular complexity index is 660. The summed E-state index contributed by atoms with van der Waals surface area (Å²) in [5.41, 5.74) is -0.500. The molecule has 6 nitrogen and oxygen atoms in total. The van der Waals surface area contributed by atoms with Crippen LogP contribution in [0.3, 0.4) is 0 Å². The number of nitrogens with zero attached hydrogens (tertiary/aromatic N) is 1. The number of hydrogen-bond acceptors (Lipinski definition) is 3. The molecule has 0 spiro atoms. The zero-order valence-electron chi connectivity index (χ0n) is 14.8. The van der Waals surface area contributed by atoms with E-state index in [0.29, 0.717) is 29.5 Å². The predicted octanol–water partition coefficient (Wildman–Crippen LogP) is 2.66. The fourth-order valence-corrected chi connectivity index (χ4v) is 2.97. The summed E-state index contributed by atoms with van der Waals surface area (Å²) >= 11 is 5.90. The van der Waals surface area contributed by atoms with Crippen LogP contribution in [0.1, 0.15) is 39.2 Å². The number of carbonyl (C=O) groups is 3. The van der Waals surface area contributed by atoms with E-state index in [1.807, 2.05) is 6.92 Å². The van der Waals surface area contributed by atoms with Gasteiger partial charge in [-0.3, -0.25) is 14.5 Å². The van der Waals surface area contributed by atoms with E-state index in [2.05, 4.69) is 24.5 Å². The van der Waals surface area contributed by atoms with Crippen LogP contribution in [0.5, 0.6) is 0 Å². The summed E-state index contributed by atoms with van der Waals surface area (Å²) in [5.74, 6) is -0.289. The van der Waals surface area contributed by atoms with Crippen molar-refractivity contribution in [1.29, 1.82) is 0 Å². The standard InChI is InChI=1S/C18H24ClN3O3/c1-4-18(13-5-7-14(19)8-6-13)16(24)22(17(25)21-18)11-15(23)20-10-9-12(2)3/h5-8,12H,4,9-11H2,1-3H3,(H,20,23)(H,21,25)/t18-/m1/s1. The molecule has 1 fully saturated rings. The highest BCUT2D eigenvalue weighted by molar-refractivity contribution is 6.30. The third-order valence-electron chi connectivity index (χ3n) is 4.39. The number of carbonyl (C=O) groups excluding carboxylic acids is 3. The van der Waals surface area contributed by atoms with Gasteiger partial charge in [-0.15, -0.1) is 0 Å². The van der Waals surface area contributed by atoms with Crippen molar-refractivity contribution in [3.05, 3.63) is 34.9 Å². The molecule has 1 atom stereocenters. The average molecular weight is 366 g/mol. The second kappa shape index (κ2) is 7.87. The molecular formula is C18H24ClN3O3. The van der Waals surface area contributed by atoms with Crippen molar-refractivity contribution in [3.8, 4) is 0 Å². The van der Waals surface area contributed by atoms with Gasteiger partial charge in [0.05, 0.1) is 0 Å². The Labute approximate surface area is 152 Å². The smallest absolute Gasteiger partial charge is 0.325 e. The molecule has 2 rings (SSSR count). The van der Waals surface area contributed by atoms with E-state index >= 15 is 0 Å². The van der Waals surface area contributed by atoms with E-state index in [1.165, 1.54) is 0 Å². The Morgan fingerprint density at radius 2 is 1.92 bits per heavy atom. The van der Waals surface area contributed by atoms with Crippen molar-refractivity contribution in [2.75, 3.05) is 13.1 Å². The zero-order chi connectivity index (χ0) is 18.6. The van der Waals surface area contributed by atoms with E-state index in [9.17, 15) is 14.4 Å². The number of halogens is 1. The molecule has 1 aliphatic rings. The van der Waals surface area contributed by atoms with Gasteiger partial charge in [-0.05, 0) is 36.5 Å². The maximum absolute atomic E-state index is 12.9. The fraction of sp³-hybridized carbons (Fsp3) is 0.500. The maximum Gasteiger partial charge on any atom is 0.325 e. The number of imide groups is 1. The van der Waals surface area contributed by atoms with Crippen molar-refractivity contribution in [2.24, 2.45) is 5.92 Å². The van der Waals surface area contributed by atoms with Crippen LogP contribution >= 0.6 is 11.6 Å². The lowest BCUT2D eigenvalue weighted by Gasteiger charge is -2.25. The number of nitrogens with one attached hydrogen (secondary N) is 2. The Morgan fingerprint density at radius 1 is 1.28 bits per heavy atom. The van der Waals surface area contributed by atoms with Gasteiger partial charge in [-0.2, -0.15) is 0 Å². The zero-order valence-corrected chi connectivity index (χ0v) is 15.5. The molecular weight excluding hydrogens is 342 g/mol. The molecule has 1 aliphatic heterocycles. The van der Waals surface area contributed by atoms with Crippen LogP contribution in [0.25, 0.3) is 0 Å². The maximum atomic E-state index is 12.9. The quantitative estimate of drug-likeness (QED) is 0.729. The van der Waals surface area contributed by atoms with E-state index in [4.69, 9.17) is 11.6 Å². The third-order valence-corrected chi connectivity index (χ3v) is 4.64. The fourth-order valence-electron chi connectivity index (χ4n) is 2.84. The van der Waals surface area contributed by atoms with Crippen molar-refractivity contribution >= 4 is 29.4 Å². The normalized spacial score (nSPS) is 20.1. The molecule has 25 heavy (non-hydrogen) atoms. The molecule has 2 N–H and O–H groups in total. The summed E-state index contributed by atoms with van der Waals surface area (Å²) in [6.45, 7) is 6.18. The summed E-state index contributed by atoms with van der Waals surface area (Å²) in [4.78, 5) is 38.2. The van der Waals surface area contributed by atoms with E-state index in [-0.39, 0.29) is 12.5 Å². The second-order valence-corrected chi connectivity index (χ2v) is 7.06. The van der Waals surface area contributed by atoms with E-state index < -0.39 is 17.5 Å². The van der Waals surface area contributed by atoms with Crippen LogP contribution in [0.4, 0.5) is 4.79 Å². The monoisotopic (exact) mass is 365 g/mol. The van der Waals surface area contributed by atoms with Gasteiger partial charge >= 0.3 is 6.03 Å². The molecule has 0 bridgehead atoms. The lowest BCUT2D eigenvalue weighted by atomic mass is 9.87. The Kier molecular flexibility index (Phi) is 6.06. The van der Waals surface area contributed by atoms with Crippen LogP contribution in [0.15, 0.2) is 24.3 Å². The molecule has 1 aromatic rings.